The molecule has 31 heavy (non-hydrogen) atoms. The fourth-order valence-corrected chi connectivity index (χ4v) is 3.17. The largest absolute Gasteiger partial charge is 0.494 e. The summed E-state index contributed by atoms with van der Waals surface area (Å²) in [5.41, 5.74) is 5.19. The van der Waals surface area contributed by atoms with Crippen molar-refractivity contribution in [2.75, 3.05) is 6.61 Å². The number of amides is 1. The van der Waals surface area contributed by atoms with Crippen LogP contribution < -0.4 is 10.2 Å². The Balaban J connectivity index is 1.43. The SMILES string of the molecule is CCOc1ccc(C(=O)NN2C=COC2c2ccc(C(=O)c3cccnc3)cc2)cc1. The van der Waals surface area contributed by atoms with E-state index in [-0.39, 0.29) is 11.7 Å². The number of carbonyl (C=O) groups excluding carboxylic acids is 2. The summed E-state index contributed by atoms with van der Waals surface area (Å²) in [6.45, 7) is 2.47. The van der Waals surface area contributed by atoms with Crippen molar-refractivity contribution < 1.29 is 19.1 Å². The van der Waals surface area contributed by atoms with Gasteiger partial charge in [0.25, 0.3) is 5.91 Å². The highest BCUT2D eigenvalue weighted by atomic mass is 16.5. The first-order valence-corrected chi connectivity index (χ1v) is 9.84. The molecule has 2 aromatic carbocycles. The van der Waals surface area contributed by atoms with Crippen molar-refractivity contribution >= 4 is 11.7 Å². The molecule has 7 heteroatoms. The fourth-order valence-electron chi connectivity index (χ4n) is 3.17. The Morgan fingerprint density at radius 2 is 1.77 bits per heavy atom. The minimum absolute atomic E-state index is 0.106. The molecule has 4 rings (SSSR count). The summed E-state index contributed by atoms with van der Waals surface area (Å²) in [6.07, 6.45) is 5.79. The van der Waals surface area contributed by atoms with Gasteiger partial charge in [0.15, 0.2) is 5.78 Å². The first-order valence-electron chi connectivity index (χ1n) is 9.84. The third-order valence-electron chi connectivity index (χ3n) is 4.72. The van der Waals surface area contributed by atoms with Crippen molar-refractivity contribution in [1.82, 2.24) is 15.4 Å². The van der Waals surface area contributed by atoms with E-state index < -0.39 is 6.23 Å². The van der Waals surface area contributed by atoms with E-state index >= 15 is 0 Å². The van der Waals surface area contributed by atoms with Crippen LogP contribution in [0.5, 0.6) is 5.75 Å². The van der Waals surface area contributed by atoms with Gasteiger partial charge in [-0.25, -0.2) is 5.01 Å². The molecule has 1 aromatic heterocycles. The summed E-state index contributed by atoms with van der Waals surface area (Å²) in [4.78, 5) is 29.1. The van der Waals surface area contributed by atoms with Crippen molar-refractivity contribution in [3.05, 3.63) is 108 Å². The summed E-state index contributed by atoms with van der Waals surface area (Å²) in [7, 11) is 0. The molecule has 0 bridgehead atoms. The smallest absolute Gasteiger partial charge is 0.269 e. The molecular formula is C24H21N3O4. The lowest BCUT2D eigenvalue weighted by Crippen LogP contribution is -2.39. The molecule has 1 aliphatic rings. The van der Waals surface area contributed by atoms with E-state index in [9.17, 15) is 9.59 Å². The molecule has 1 N–H and O–H groups in total. The predicted molar refractivity (Wildman–Crippen MR) is 114 cm³/mol. The van der Waals surface area contributed by atoms with E-state index in [1.54, 1.807) is 84.3 Å². The minimum atomic E-state index is -0.533. The third-order valence-corrected chi connectivity index (χ3v) is 4.72. The molecule has 1 atom stereocenters. The van der Waals surface area contributed by atoms with Crippen LogP contribution >= 0.6 is 0 Å². The number of nitrogens with zero attached hydrogens (tertiary/aromatic N) is 2. The van der Waals surface area contributed by atoms with Gasteiger partial charge in [-0.2, -0.15) is 0 Å². The molecule has 3 aromatic rings. The molecule has 1 amide bonds. The predicted octanol–water partition coefficient (Wildman–Crippen LogP) is 3.86. The second-order valence-corrected chi connectivity index (χ2v) is 6.77. The molecule has 0 saturated heterocycles. The third kappa shape index (κ3) is 4.56. The monoisotopic (exact) mass is 415 g/mol. The van der Waals surface area contributed by atoms with Crippen molar-refractivity contribution in [2.45, 2.75) is 13.2 Å². The van der Waals surface area contributed by atoms with Crippen LogP contribution in [0.15, 0.2) is 85.5 Å². The maximum absolute atomic E-state index is 12.6. The highest BCUT2D eigenvalue weighted by Crippen LogP contribution is 2.27. The topological polar surface area (TPSA) is 80.8 Å². The number of ketones is 1. The van der Waals surface area contributed by atoms with Gasteiger partial charge in [0.2, 0.25) is 6.23 Å². The second kappa shape index (κ2) is 9.13. The molecule has 0 spiro atoms. The lowest BCUT2D eigenvalue weighted by Gasteiger charge is -2.25. The quantitative estimate of drug-likeness (QED) is 0.590. The maximum Gasteiger partial charge on any atom is 0.269 e. The molecule has 156 valence electrons. The number of rotatable bonds is 7. The Bertz CT molecular complexity index is 1080. The highest BCUT2D eigenvalue weighted by Gasteiger charge is 2.25. The first-order chi connectivity index (χ1) is 15.2. The van der Waals surface area contributed by atoms with Gasteiger partial charge >= 0.3 is 0 Å². The number of hydrogen-bond donors (Lipinski definition) is 1. The number of ether oxygens (including phenoxy) is 2. The van der Waals surface area contributed by atoms with Gasteiger partial charge < -0.3 is 9.47 Å². The summed E-state index contributed by atoms with van der Waals surface area (Å²) in [6, 6.07) is 17.4. The number of nitrogens with one attached hydrogen (secondary N) is 1. The van der Waals surface area contributed by atoms with Crippen LogP contribution in [0.1, 0.15) is 45.0 Å². The molecule has 1 unspecified atom stereocenters. The van der Waals surface area contributed by atoms with Crippen LogP contribution in [-0.2, 0) is 4.74 Å². The van der Waals surface area contributed by atoms with Gasteiger partial charge in [-0.3, -0.25) is 20.0 Å². The maximum atomic E-state index is 12.6. The molecule has 0 aliphatic carbocycles. The van der Waals surface area contributed by atoms with Gasteiger partial charge in [-0.05, 0) is 43.3 Å². The van der Waals surface area contributed by atoms with Gasteiger partial charge in [-0.15, -0.1) is 0 Å². The molecule has 2 heterocycles. The van der Waals surface area contributed by atoms with Gasteiger partial charge in [0, 0.05) is 34.6 Å². The van der Waals surface area contributed by atoms with Crippen molar-refractivity contribution in [3.63, 3.8) is 0 Å². The Kier molecular flexibility index (Phi) is 5.93. The lowest BCUT2D eigenvalue weighted by atomic mass is 10.0. The molecule has 0 radical (unpaired) electrons. The zero-order valence-electron chi connectivity index (χ0n) is 16.9. The standard InChI is InChI=1S/C24H21N3O4/c1-2-30-21-11-9-18(10-12-21)23(29)26-27-14-15-31-24(27)19-7-5-17(6-8-19)22(28)20-4-3-13-25-16-20/h3-16,24H,2H2,1H3,(H,26,29). The van der Waals surface area contributed by atoms with Crippen molar-refractivity contribution in [2.24, 2.45) is 0 Å². The molecule has 0 fully saturated rings. The van der Waals surface area contributed by atoms with E-state index in [1.165, 1.54) is 6.26 Å². The highest BCUT2D eigenvalue weighted by molar-refractivity contribution is 6.08. The van der Waals surface area contributed by atoms with Gasteiger partial charge in [-0.1, -0.05) is 24.3 Å². The molecular weight excluding hydrogens is 394 g/mol. The van der Waals surface area contributed by atoms with Crippen LogP contribution in [-0.4, -0.2) is 28.3 Å². The summed E-state index contributed by atoms with van der Waals surface area (Å²) < 4.78 is 11.0. The summed E-state index contributed by atoms with van der Waals surface area (Å²) in [5.74, 6) is 0.333. The van der Waals surface area contributed by atoms with Crippen molar-refractivity contribution in [3.8, 4) is 5.75 Å². The van der Waals surface area contributed by atoms with E-state index in [0.29, 0.717) is 29.0 Å². The number of pyridine rings is 1. The molecule has 0 saturated carbocycles. The molecule has 1 aliphatic heterocycles. The number of hydrazine groups is 1. The Hall–Kier alpha value is -4.13. The zero-order valence-corrected chi connectivity index (χ0v) is 16.9. The Labute approximate surface area is 179 Å². The van der Waals surface area contributed by atoms with Crippen LogP contribution in [0.2, 0.25) is 0 Å². The number of carbonyl (C=O) groups is 2. The van der Waals surface area contributed by atoms with Crippen LogP contribution in [0.25, 0.3) is 0 Å². The normalized spacial score (nSPS) is 14.7. The van der Waals surface area contributed by atoms with Crippen LogP contribution in [0, 0.1) is 0 Å². The fraction of sp³-hybridized carbons (Fsp3) is 0.125. The summed E-state index contributed by atoms with van der Waals surface area (Å²) in [5, 5.41) is 1.58. The number of benzene rings is 2. The lowest BCUT2D eigenvalue weighted by molar-refractivity contribution is 0.0233. The zero-order chi connectivity index (χ0) is 21.6. The Morgan fingerprint density at radius 1 is 1.03 bits per heavy atom. The van der Waals surface area contributed by atoms with E-state index in [4.69, 9.17) is 9.47 Å². The van der Waals surface area contributed by atoms with E-state index in [1.807, 2.05) is 6.92 Å². The minimum Gasteiger partial charge on any atom is -0.494 e. The molecule has 7 nitrogen and oxygen atoms in total. The van der Waals surface area contributed by atoms with Crippen LogP contribution in [0.4, 0.5) is 0 Å². The summed E-state index contributed by atoms with van der Waals surface area (Å²) >= 11 is 0. The average Bonchev–Trinajstić information content (AvgIpc) is 3.28. The van der Waals surface area contributed by atoms with Crippen LogP contribution in [0.3, 0.4) is 0 Å². The first kappa shape index (κ1) is 20.2. The van der Waals surface area contributed by atoms with E-state index in [0.717, 1.165) is 5.56 Å². The second-order valence-electron chi connectivity index (χ2n) is 6.77. The average molecular weight is 415 g/mol. The van der Waals surface area contributed by atoms with Gasteiger partial charge in [0.05, 0.1) is 12.8 Å². The van der Waals surface area contributed by atoms with Gasteiger partial charge in [0.1, 0.15) is 12.0 Å². The van der Waals surface area contributed by atoms with E-state index in [2.05, 4.69) is 10.4 Å². The Morgan fingerprint density at radius 3 is 2.45 bits per heavy atom. The number of aromatic nitrogens is 1. The number of hydrogen-bond acceptors (Lipinski definition) is 6. The van der Waals surface area contributed by atoms with Crippen molar-refractivity contribution in [1.29, 1.82) is 0 Å².